The van der Waals surface area contributed by atoms with Gasteiger partial charge >= 0.3 is 5.97 Å². The Kier molecular flexibility index (Phi) is 4.05. The minimum atomic E-state index is -0.611. The van der Waals surface area contributed by atoms with Crippen molar-refractivity contribution in [3.63, 3.8) is 0 Å². The predicted molar refractivity (Wildman–Crippen MR) is 67.0 cm³/mol. The van der Waals surface area contributed by atoms with Gasteiger partial charge in [0.05, 0.1) is 5.92 Å². The second-order valence-electron chi connectivity index (χ2n) is 5.89. The first kappa shape index (κ1) is 12.8. The molecule has 0 atom stereocenters. The molecule has 1 saturated heterocycles. The van der Waals surface area contributed by atoms with Crippen LogP contribution in [-0.2, 0) is 4.79 Å². The largest absolute Gasteiger partial charge is 0.481 e. The Morgan fingerprint density at radius 2 is 1.82 bits per heavy atom. The Morgan fingerprint density at radius 3 is 2.29 bits per heavy atom. The van der Waals surface area contributed by atoms with Crippen molar-refractivity contribution in [3.05, 3.63) is 0 Å². The van der Waals surface area contributed by atoms with Crippen molar-refractivity contribution < 1.29 is 9.90 Å². The number of piperazine rings is 1. The molecule has 0 bridgehead atoms. The summed E-state index contributed by atoms with van der Waals surface area (Å²) in [6.45, 7) is 10.2. The van der Waals surface area contributed by atoms with Gasteiger partial charge in [-0.3, -0.25) is 9.69 Å². The molecule has 0 aromatic rings. The molecule has 0 amide bonds. The van der Waals surface area contributed by atoms with Crippen LogP contribution in [0.3, 0.4) is 0 Å². The summed E-state index contributed by atoms with van der Waals surface area (Å²) in [5.74, 6) is 0.0510. The van der Waals surface area contributed by atoms with E-state index in [9.17, 15) is 4.79 Å². The van der Waals surface area contributed by atoms with Crippen LogP contribution in [0.4, 0.5) is 0 Å². The molecular formula is C13H24N2O2. The van der Waals surface area contributed by atoms with E-state index >= 15 is 0 Å². The van der Waals surface area contributed by atoms with Gasteiger partial charge in [0.15, 0.2) is 0 Å². The average Bonchev–Trinajstić information content (AvgIpc) is 2.16. The Bertz CT molecular complexity index is 267. The van der Waals surface area contributed by atoms with Gasteiger partial charge in [-0.1, -0.05) is 13.8 Å². The molecule has 17 heavy (non-hydrogen) atoms. The summed E-state index contributed by atoms with van der Waals surface area (Å²) < 4.78 is 0. The lowest BCUT2D eigenvalue weighted by Gasteiger charge is -2.45. The molecule has 2 aliphatic rings. The van der Waals surface area contributed by atoms with E-state index in [0.29, 0.717) is 6.04 Å². The fourth-order valence-electron chi connectivity index (χ4n) is 2.92. The molecule has 4 heteroatoms. The van der Waals surface area contributed by atoms with E-state index in [4.69, 9.17) is 5.11 Å². The maximum absolute atomic E-state index is 10.8. The first-order valence-electron chi connectivity index (χ1n) is 6.75. The molecule has 2 rings (SSSR count). The number of carbonyl (C=O) groups is 1. The zero-order valence-electron chi connectivity index (χ0n) is 10.9. The minimum absolute atomic E-state index is 0.0753. The van der Waals surface area contributed by atoms with Crippen LogP contribution in [0, 0.1) is 11.8 Å². The maximum atomic E-state index is 10.8. The molecule has 1 saturated carbocycles. The van der Waals surface area contributed by atoms with Crippen LogP contribution in [-0.4, -0.2) is 59.6 Å². The minimum Gasteiger partial charge on any atom is -0.481 e. The highest BCUT2D eigenvalue weighted by Gasteiger charge is 2.38. The standard InChI is InChI=1S/C13H24N2O2/c1-10(2)9-14-3-5-15(6-4-14)12-7-11(8-12)13(16)17/h10-12H,3-9H2,1-2H3,(H,16,17). The zero-order valence-corrected chi connectivity index (χ0v) is 10.9. The van der Waals surface area contributed by atoms with Crippen LogP contribution in [0.25, 0.3) is 0 Å². The fraction of sp³-hybridized carbons (Fsp3) is 0.923. The van der Waals surface area contributed by atoms with E-state index < -0.39 is 5.97 Å². The Morgan fingerprint density at radius 1 is 1.24 bits per heavy atom. The van der Waals surface area contributed by atoms with E-state index in [2.05, 4.69) is 23.6 Å². The maximum Gasteiger partial charge on any atom is 0.306 e. The number of carboxylic acids is 1. The second kappa shape index (κ2) is 5.36. The second-order valence-corrected chi connectivity index (χ2v) is 5.89. The van der Waals surface area contributed by atoms with Gasteiger partial charge in [0.1, 0.15) is 0 Å². The monoisotopic (exact) mass is 240 g/mol. The number of hydrogen-bond donors (Lipinski definition) is 1. The molecule has 0 radical (unpaired) electrons. The van der Waals surface area contributed by atoms with Crippen molar-refractivity contribution in [3.8, 4) is 0 Å². The van der Waals surface area contributed by atoms with Crippen LogP contribution in [0.1, 0.15) is 26.7 Å². The first-order valence-corrected chi connectivity index (χ1v) is 6.75. The van der Waals surface area contributed by atoms with Crippen LogP contribution in [0.2, 0.25) is 0 Å². The molecule has 1 heterocycles. The van der Waals surface area contributed by atoms with Gasteiger partial charge < -0.3 is 10.0 Å². The molecule has 0 unspecified atom stereocenters. The summed E-state index contributed by atoms with van der Waals surface area (Å²) in [6, 6.07) is 0.539. The summed E-state index contributed by atoms with van der Waals surface area (Å²) in [6.07, 6.45) is 1.72. The van der Waals surface area contributed by atoms with Crippen molar-refractivity contribution in [1.82, 2.24) is 9.80 Å². The van der Waals surface area contributed by atoms with E-state index in [-0.39, 0.29) is 5.92 Å². The predicted octanol–water partition coefficient (Wildman–Crippen LogP) is 1.12. The molecule has 1 aliphatic heterocycles. The van der Waals surface area contributed by atoms with Gasteiger partial charge in [-0.2, -0.15) is 0 Å². The lowest BCUT2D eigenvalue weighted by Crippen LogP contribution is -2.55. The molecule has 2 fully saturated rings. The Hall–Kier alpha value is -0.610. The summed E-state index contributed by atoms with van der Waals surface area (Å²) in [5.41, 5.74) is 0. The van der Waals surface area contributed by atoms with Crippen molar-refractivity contribution in [2.75, 3.05) is 32.7 Å². The van der Waals surface area contributed by atoms with Gasteiger partial charge in [0, 0.05) is 38.8 Å². The van der Waals surface area contributed by atoms with E-state index in [1.54, 1.807) is 0 Å². The average molecular weight is 240 g/mol. The number of rotatable bonds is 4. The van der Waals surface area contributed by atoms with Crippen LogP contribution < -0.4 is 0 Å². The highest BCUT2D eigenvalue weighted by molar-refractivity contribution is 5.71. The molecule has 1 N–H and O–H groups in total. The first-order chi connectivity index (χ1) is 8.06. The Labute approximate surface area is 104 Å². The molecule has 0 aromatic carbocycles. The third kappa shape index (κ3) is 3.19. The van der Waals surface area contributed by atoms with Gasteiger partial charge in [-0.15, -0.1) is 0 Å². The Balaban J connectivity index is 1.68. The highest BCUT2D eigenvalue weighted by atomic mass is 16.4. The normalized spacial score (nSPS) is 31.5. The van der Waals surface area contributed by atoms with E-state index in [1.807, 2.05) is 0 Å². The van der Waals surface area contributed by atoms with Crippen molar-refractivity contribution in [2.45, 2.75) is 32.7 Å². The number of hydrogen-bond acceptors (Lipinski definition) is 3. The number of carboxylic acid groups (broad SMARTS) is 1. The summed E-state index contributed by atoms with van der Waals surface area (Å²) >= 11 is 0. The quantitative estimate of drug-likeness (QED) is 0.800. The molecular weight excluding hydrogens is 216 g/mol. The van der Waals surface area contributed by atoms with Gasteiger partial charge in [0.2, 0.25) is 0 Å². The van der Waals surface area contributed by atoms with E-state index in [1.165, 1.54) is 6.54 Å². The van der Waals surface area contributed by atoms with Crippen LogP contribution in [0.5, 0.6) is 0 Å². The van der Waals surface area contributed by atoms with Gasteiger partial charge in [0.25, 0.3) is 0 Å². The zero-order chi connectivity index (χ0) is 12.4. The van der Waals surface area contributed by atoms with Crippen molar-refractivity contribution in [2.24, 2.45) is 11.8 Å². The third-order valence-corrected chi connectivity index (χ3v) is 4.01. The summed E-state index contributed by atoms with van der Waals surface area (Å²) in [4.78, 5) is 15.8. The summed E-state index contributed by atoms with van der Waals surface area (Å²) in [5, 5.41) is 8.86. The van der Waals surface area contributed by atoms with Gasteiger partial charge in [-0.05, 0) is 18.8 Å². The third-order valence-electron chi connectivity index (χ3n) is 4.01. The van der Waals surface area contributed by atoms with E-state index in [0.717, 1.165) is 44.9 Å². The van der Waals surface area contributed by atoms with Crippen LogP contribution >= 0.6 is 0 Å². The number of nitrogens with zero attached hydrogens (tertiary/aromatic N) is 2. The van der Waals surface area contributed by atoms with Gasteiger partial charge in [-0.25, -0.2) is 0 Å². The number of aliphatic carboxylic acids is 1. The molecule has 1 aliphatic carbocycles. The topological polar surface area (TPSA) is 43.8 Å². The molecule has 0 aromatic heterocycles. The fourth-order valence-corrected chi connectivity index (χ4v) is 2.92. The highest BCUT2D eigenvalue weighted by Crippen LogP contribution is 2.32. The van der Waals surface area contributed by atoms with Crippen LogP contribution in [0.15, 0.2) is 0 Å². The summed E-state index contributed by atoms with van der Waals surface area (Å²) in [7, 11) is 0. The smallest absolute Gasteiger partial charge is 0.306 e. The van der Waals surface area contributed by atoms with Crippen molar-refractivity contribution >= 4 is 5.97 Å². The lowest BCUT2D eigenvalue weighted by atomic mass is 9.79. The molecule has 0 spiro atoms. The SMILES string of the molecule is CC(C)CN1CCN(C2CC(C(=O)O)C2)CC1. The molecule has 4 nitrogen and oxygen atoms in total. The lowest BCUT2D eigenvalue weighted by molar-refractivity contribution is -0.147. The molecule has 98 valence electrons. The van der Waals surface area contributed by atoms with Crippen molar-refractivity contribution in [1.29, 1.82) is 0 Å².